The van der Waals surface area contributed by atoms with Crippen LogP contribution in [0.15, 0.2) is 36.9 Å². The Morgan fingerprint density at radius 2 is 2.11 bits per heavy atom. The summed E-state index contributed by atoms with van der Waals surface area (Å²) in [6.45, 7) is 1.69. The molecule has 1 aliphatic rings. The summed E-state index contributed by atoms with van der Waals surface area (Å²) in [6, 6.07) is 1.52. The van der Waals surface area contributed by atoms with E-state index in [-0.39, 0.29) is 5.82 Å². The monoisotopic (exact) mass is 256 g/mol. The van der Waals surface area contributed by atoms with Crippen LogP contribution in [0, 0.1) is 5.82 Å². The van der Waals surface area contributed by atoms with Crippen molar-refractivity contribution in [3.63, 3.8) is 0 Å². The van der Waals surface area contributed by atoms with Gasteiger partial charge in [-0.2, -0.15) is 0 Å². The van der Waals surface area contributed by atoms with Crippen LogP contribution in [0.4, 0.5) is 4.39 Å². The van der Waals surface area contributed by atoms with E-state index in [2.05, 4.69) is 26.3 Å². The second-order valence-corrected chi connectivity index (χ2v) is 4.32. The predicted molar refractivity (Wildman–Crippen MR) is 70.7 cm³/mol. The third-order valence-electron chi connectivity index (χ3n) is 3.07. The first-order valence-electron chi connectivity index (χ1n) is 6.16. The third-order valence-corrected chi connectivity index (χ3v) is 3.07. The summed E-state index contributed by atoms with van der Waals surface area (Å²) in [5, 5.41) is 3.24. The van der Waals surface area contributed by atoms with Gasteiger partial charge in [-0.1, -0.05) is 6.08 Å². The first kappa shape index (κ1) is 11.9. The molecule has 0 unspecified atom stereocenters. The zero-order valence-electron chi connectivity index (χ0n) is 10.3. The van der Waals surface area contributed by atoms with Crippen LogP contribution >= 0.6 is 0 Å². The van der Waals surface area contributed by atoms with E-state index < -0.39 is 0 Å². The van der Waals surface area contributed by atoms with Crippen LogP contribution in [0.25, 0.3) is 17.0 Å². The molecule has 2 aromatic heterocycles. The Hall–Kier alpha value is -2.14. The Labute approximate surface area is 110 Å². The molecule has 0 atom stereocenters. The fourth-order valence-electron chi connectivity index (χ4n) is 2.18. The molecule has 3 rings (SSSR count). The summed E-state index contributed by atoms with van der Waals surface area (Å²) in [5.74, 6) is -0.331. The molecule has 0 spiro atoms. The van der Waals surface area contributed by atoms with Crippen molar-refractivity contribution in [1.29, 1.82) is 0 Å². The van der Waals surface area contributed by atoms with Gasteiger partial charge in [0, 0.05) is 24.5 Å². The van der Waals surface area contributed by atoms with E-state index in [1.807, 2.05) is 0 Å². The number of nitrogens with zero attached hydrogens (tertiary/aromatic N) is 3. The van der Waals surface area contributed by atoms with Gasteiger partial charge in [-0.05, 0) is 24.6 Å². The van der Waals surface area contributed by atoms with Crippen LogP contribution in [0.1, 0.15) is 12.0 Å². The number of hydrogen-bond acceptors (Lipinski definition) is 4. The van der Waals surface area contributed by atoms with Gasteiger partial charge < -0.3 is 5.32 Å². The van der Waals surface area contributed by atoms with Gasteiger partial charge in [-0.25, -0.2) is 4.39 Å². The van der Waals surface area contributed by atoms with Gasteiger partial charge in [-0.3, -0.25) is 15.0 Å². The maximum absolute atomic E-state index is 13.5. The Kier molecular flexibility index (Phi) is 3.29. The summed E-state index contributed by atoms with van der Waals surface area (Å²) >= 11 is 0. The van der Waals surface area contributed by atoms with Crippen molar-refractivity contribution < 1.29 is 4.39 Å². The molecule has 0 aliphatic carbocycles. The van der Waals surface area contributed by atoms with Crippen LogP contribution in [0.5, 0.6) is 0 Å². The van der Waals surface area contributed by atoms with Crippen molar-refractivity contribution >= 4 is 5.57 Å². The van der Waals surface area contributed by atoms with E-state index in [0.29, 0.717) is 11.4 Å². The van der Waals surface area contributed by atoms with Crippen LogP contribution in [-0.4, -0.2) is 28.0 Å². The maximum Gasteiger partial charge on any atom is 0.142 e. The number of aromatic nitrogens is 3. The molecule has 0 saturated heterocycles. The topological polar surface area (TPSA) is 50.7 Å². The summed E-state index contributed by atoms with van der Waals surface area (Å²) in [5.41, 5.74) is 3.26. The summed E-state index contributed by atoms with van der Waals surface area (Å²) in [4.78, 5) is 12.5. The number of pyridine rings is 1. The molecular weight excluding hydrogens is 243 g/mol. The molecule has 1 aliphatic heterocycles. The van der Waals surface area contributed by atoms with Crippen molar-refractivity contribution in [1.82, 2.24) is 20.3 Å². The van der Waals surface area contributed by atoms with Gasteiger partial charge in [0.2, 0.25) is 0 Å². The zero-order chi connectivity index (χ0) is 13.1. The third kappa shape index (κ3) is 2.51. The molecule has 0 aromatic carbocycles. The van der Waals surface area contributed by atoms with Crippen molar-refractivity contribution in [2.24, 2.45) is 0 Å². The van der Waals surface area contributed by atoms with Gasteiger partial charge in [0.25, 0.3) is 0 Å². The van der Waals surface area contributed by atoms with Gasteiger partial charge in [0.15, 0.2) is 0 Å². The largest absolute Gasteiger partial charge is 0.313 e. The summed E-state index contributed by atoms with van der Waals surface area (Å²) in [6.07, 6.45) is 9.01. The highest BCUT2D eigenvalue weighted by Gasteiger charge is 2.15. The molecule has 19 heavy (non-hydrogen) atoms. The first-order valence-corrected chi connectivity index (χ1v) is 6.16. The summed E-state index contributed by atoms with van der Waals surface area (Å²) < 4.78 is 13.5. The Morgan fingerprint density at radius 1 is 1.16 bits per heavy atom. The molecule has 2 aromatic rings. The van der Waals surface area contributed by atoms with E-state index in [1.165, 1.54) is 12.3 Å². The van der Waals surface area contributed by atoms with Crippen LogP contribution in [0.3, 0.4) is 0 Å². The number of hydrogen-bond donors (Lipinski definition) is 1. The lowest BCUT2D eigenvalue weighted by molar-refractivity contribution is 0.620. The number of halogens is 1. The molecule has 0 amide bonds. The molecule has 3 heterocycles. The predicted octanol–water partition coefficient (Wildman–Crippen LogP) is 2.05. The molecule has 4 nitrogen and oxygen atoms in total. The fraction of sp³-hybridized carbons (Fsp3) is 0.214. The second-order valence-electron chi connectivity index (χ2n) is 4.32. The van der Waals surface area contributed by atoms with E-state index in [0.717, 1.165) is 30.6 Å². The highest BCUT2D eigenvalue weighted by Crippen LogP contribution is 2.28. The fourth-order valence-corrected chi connectivity index (χ4v) is 2.18. The van der Waals surface area contributed by atoms with Crippen molar-refractivity contribution in [3.05, 3.63) is 48.3 Å². The highest BCUT2D eigenvalue weighted by molar-refractivity contribution is 5.77. The average molecular weight is 256 g/mol. The second kappa shape index (κ2) is 5.24. The lowest BCUT2D eigenvalue weighted by atomic mass is 9.97. The van der Waals surface area contributed by atoms with Crippen LogP contribution in [-0.2, 0) is 0 Å². The number of nitrogens with one attached hydrogen (secondary N) is 1. The Bertz CT molecular complexity index is 610. The lowest BCUT2D eigenvalue weighted by Crippen LogP contribution is -2.20. The van der Waals surface area contributed by atoms with E-state index in [9.17, 15) is 4.39 Å². The molecule has 0 saturated carbocycles. The molecular formula is C14H13FN4. The quantitative estimate of drug-likeness (QED) is 0.893. The molecule has 0 bridgehead atoms. The van der Waals surface area contributed by atoms with E-state index in [1.54, 1.807) is 18.6 Å². The Morgan fingerprint density at radius 3 is 2.84 bits per heavy atom. The van der Waals surface area contributed by atoms with E-state index >= 15 is 0 Å². The molecule has 1 N–H and O–H groups in total. The standard InChI is InChI=1S/C14H13FN4/c15-11-7-12(10-1-3-16-4-2-10)14(19-8-11)13-9-17-5-6-18-13/h1,5-9,16H,2-4H2. The van der Waals surface area contributed by atoms with Crippen molar-refractivity contribution in [3.8, 4) is 11.4 Å². The Balaban J connectivity index is 2.12. The lowest BCUT2D eigenvalue weighted by Gasteiger charge is -2.16. The van der Waals surface area contributed by atoms with Crippen LogP contribution in [0.2, 0.25) is 0 Å². The average Bonchev–Trinajstić information content (AvgIpc) is 2.49. The van der Waals surface area contributed by atoms with Gasteiger partial charge in [0.1, 0.15) is 11.5 Å². The molecule has 96 valence electrons. The highest BCUT2D eigenvalue weighted by atomic mass is 19.1. The van der Waals surface area contributed by atoms with Gasteiger partial charge >= 0.3 is 0 Å². The zero-order valence-corrected chi connectivity index (χ0v) is 10.3. The first-order chi connectivity index (χ1) is 9.34. The SMILES string of the molecule is Fc1cnc(-c2cnccn2)c(C2=CCNCC2)c1. The minimum absolute atomic E-state index is 0.331. The van der Waals surface area contributed by atoms with Crippen molar-refractivity contribution in [2.75, 3.05) is 13.1 Å². The summed E-state index contributed by atoms with van der Waals surface area (Å²) in [7, 11) is 0. The molecule has 0 fully saturated rings. The van der Waals surface area contributed by atoms with Gasteiger partial charge in [0.05, 0.1) is 18.1 Å². The normalized spacial score (nSPS) is 15.1. The molecule has 5 heteroatoms. The number of rotatable bonds is 2. The maximum atomic E-state index is 13.5. The van der Waals surface area contributed by atoms with Crippen molar-refractivity contribution in [2.45, 2.75) is 6.42 Å². The van der Waals surface area contributed by atoms with E-state index in [4.69, 9.17) is 0 Å². The van der Waals surface area contributed by atoms with Crippen LogP contribution < -0.4 is 5.32 Å². The minimum Gasteiger partial charge on any atom is -0.313 e. The minimum atomic E-state index is -0.331. The molecule has 0 radical (unpaired) electrons. The van der Waals surface area contributed by atoms with Gasteiger partial charge in [-0.15, -0.1) is 0 Å². The smallest absolute Gasteiger partial charge is 0.142 e.